The van der Waals surface area contributed by atoms with Crippen LogP contribution in [-0.4, -0.2) is 36.1 Å². The van der Waals surface area contributed by atoms with Crippen LogP contribution in [0.2, 0.25) is 0 Å². The molecule has 0 aliphatic carbocycles. The number of Topliss-reactive ketones (excluding diaryl/α,β-unsaturated/α-hetero) is 1. The van der Waals surface area contributed by atoms with Gasteiger partial charge in [-0.25, -0.2) is 0 Å². The van der Waals surface area contributed by atoms with Crippen LogP contribution in [0.3, 0.4) is 0 Å². The third kappa shape index (κ3) is 3.32. The first-order valence-electron chi connectivity index (χ1n) is 6.33. The van der Waals surface area contributed by atoms with E-state index < -0.39 is 12.0 Å². The van der Waals surface area contributed by atoms with Crippen LogP contribution in [0.25, 0.3) is 0 Å². The van der Waals surface area contributed by atoms with E-state index in [0.29, 0.717) is 5.56 Å². The summed E-state index contributed by atoms with van der Waals surface area (Å²) in [6.45, 7) is 2.25. The van der Waals surface area contributed by atoms with E-state index >= 15 is 0 Å². The molecule has 19 heavy (non-hydrogen) atoms. The lowest BCUT2D eigenvalue weighted by Crippen LogP contribution is -2.37. The average molecular weight is 263 g/mol. The first-order chi connectivity index (χ1) is 9.08. The van der Waals surface area contributed by atoms with E-state index in [1.165, 1.54) is 6.92 Å². The van der Waals surface area contributed by atoms with Crippen LogP contribution in [0.4, 0.5) is 0 Å². The van der Waals surface area contributed by atoms with Gasteiger partial charge in [-0.15, -0.1) is 0 Å². The lowest BCUT2D eigenvalue weighted by molar-refractivity contribution is -0.138. The topological polar surface area (TPSA) is 75.6 Å². The number of carboxylic acids is 1. The second-order valence-electron chi connectivity index (χ2n) is 4.64. The third-order valence-corrected chi connectivity index (χ3v) is 3.17. The average Bonchev–Trinajstić information content (AvgIpc) is 2.43. The molecule has 1 aliphatic heterocycles. The maximum absolute atomic E-state index is 12.0. The number of rotatable bonds is 5. The van der Waals surface area contributed by atoms with Gasteiger partial charge in [0.2, 0.25) is 0 Å². The van der Waals surface area contributed by atoms with Gasteiger partial charge in [-0.2, -0.15) is 0 Å². The second-order valence-corrected chi connectivity index (χ2v) is 4.64. The van der Waals surface area contributed by atoms with Crippen molar-refractivity contribution in [2.75, 3.05) is 13.2 Å². The summed E-state index contributed by atoms with van der Waals surface area (Å²) >= 11 is 0. The van der Waals surface area contributed by atoms with Gasteiger partial charge < -0.3 is 9.84 Å². The molecular weight excluding hydrogens is 246 g/mol. The van der Waals surface area contributed by atoms with Crippen LogP contribution in [0.5, 0.6) is 5.75 Å². The fourth-order valence-corrected chi connectivity index (χ4v) is 1.97. The minimum Gasteiger partial charge on any atom is -0.493 e. The number of aryl methyl sites for hydroxylation is 1. The number of fused-ring (bicyclic) bond motifs is 1. The zero-order valence-corrected chi connectivity index (χ0v) is 10.8. The van der Waals surface area contributed by atoms with Crippen LogP contribution in [0.1, 0.15) is 29.3 Å². The van der Waals surface area contributed by atoms with Crippen LogP contribution in [0.15, 0.2) is 18.2 Å². The molecule has 1 aromatic rings. The minimum atomic E-state index is -0.966. The lowest BCUT2D eigenvalue weighted by Gasteiger charge is -2.17. The van der Waals surface area contributed by atoms with Crippen molar-refractivity contribution < 1.29 is 19.4 Å². The van der Waals surface area contributed by atoms with E-state index in [4.69, 9.17) is 9.84 Å². The quantitative estimate of drug-likeness (QED) is 0.782. The van der Waals surface area contributed by atoms with E-state index in [9.17, 15) is 9.59 Å². The van der Waals surface area contributed by atoms with E-state index in [2.05, 4.69) is 5.32 Å². The molecule has 0 fully saturated rings. The fraction of sp³-hybridized carbons (Fsp3) is 0.429. The molecule has 5 heteroatoms. The Morgan fingerprint density at radius 3 is 3.00 bits per heavy atom. The van der Waals surface area contributed by atoms with Crippen LogP contribution in [0, 0.1) is 0 Å². The fourth-order valence-electron chi connectivity index (χ4n) is 1.97. The van der Waals surface area contributed by atoms with Gasteiger partial charge in [0, 0.05) is 5.56 Å². The summed E-state index contributed by atoms with van der Waals surface area (Å²) in [4.78, 5) is 22.6. The molecule has 1 atom stereocenters. The predicted molar refractivity (Wildman–Crippen MR) is 69.7 cm³/mol. The standard InChI is InChI=1S/C14H17NO4/c1-9(14(17)18)15-8-12(16)10-4-5-13-11(7-10)3-2-6-19-13/h4-5,7,9,15H,2-3,6,8H2,1H3,(H,17,18). The number of benzene rings is 1. The highest BCUT2D eigenvalue weighted by Crippen LogP contribution is 2.25. The van der Waals surface area contributed by atoms with E-state index in [-0.39, 0.29) is 12.3 Å². The number of ketones is 1. The molecule has 0 saturated heterocycles. The maximum atomic E-state index is 12.0. The molecule has 0 bridgehead atoms. The number of aliphatic carboxylic acids is 1. The Hall–Kier alpha value is -1.88. The molecule has 1 aliphatic rings. The molecule has 1 unspecified atom stereocenters. The number of ether oxygens (including phenoxy) is 1. The highest BCUT2D eigenvalue weighted by molar-refractivity contribution is 5.98. The molecular formula is C14H17NO4. The lowest BCUT2D eigenvalue weighted by atomic mass is 10.0. The number of carbonyl (C=O) groups excluding carboxylic acids is 1. The summed E-state index contributed by atoms with van der Waals surface area (Å²) in [6, 6.07) is 4.64. The largest absolute Gasteiger partial charge is 0.493 e. The third-order valence-electron chi connectivity index (χ3n) is 3.17. The molecule has 0 amide bonds. The molecule has 0 saturated carbocycles. The van der Waals surface area contributed by atoms with Gasteiger partial charge in [-0.1, -0.05) is 0 Å². The highest BCUT2D eigenvalue weighted by atomic mass is 16.5. The van der Waals surface area contributed by atoms with Crippen LogP contribution >= 0.6 is 0 Å². The molecule has 1 heterocycles. The number of hydrogen-bond acceptors (Lipinski definition) is 4. The monoisotopic (exact) mass is 263 g/mol. The summed E-state index contributed by atoms with van der Waals surface area (Å²) in [7, 11) is 0. The Morgan fingerprint density at radius 1 is 1.47 bits per heavy atom. The van der Waals surface area contributed by atoms with Gasteiger partial charge in [0.15, 0.2) is 5.78 Å². The van der Waals surface area contributed by atoms with Gasteiger partial charge in [0.1, 0.15) is 11.8 Å². The Bertz CT molecular complexity index is 498. The van der Waals surface area contributed by atoms with Crippen LogP contribution in [-0.2, 0) is 11.2 Å². The highest BCUT2D eigenvalue weighted by Gasteiger charge is 2.16. The van der Waals surface area contributed by atoms with E-state index in [1.807, 2.05) is 12.1 Å². The van der Waals surface area contributed by atoms with Gasteiger partial charge in [0.25, 0.3) is 0 Å². The smallest absolute Gasteiger partial charge is 0.320 e. The minimum absolute atomic E-state index is 0.0209. The maximum Gasteiger partial charge on any atom is 0.320 e. The zero-order valence-electron chi connectivity index (χ0n) is 10.8. The van der Waals surface area contributed by atoms with Crippen molar-refractivity contribution in [3.05, 3.63) is 29.3 Å². The molecule has 102 valence electrons. The number of nitrogens with one attached hydrogen (secondary N) is 1. The van der Waals surface area contributed by atoms with Crippen molar-refractivity contribution in [3.8, 4) is 5.75 Å². The summed E-state index contributed by atoms with van der Waals surface area (Å²) in [5, 5.41) is 11.4. The van der Waals surface area contributed by atoms with Crippen molar-refractivity contribution in [3.63, 3.8) is 0 Å². The number of carboxylic acid groups (broad SMARTS) is 1. The number of hydrogen-bond donors (Lipinski definition) is 2. The molecule has 2 rings (SSSR count). The van der Waals surface area contributed by atoms with Gasteiger partial charge in [-0.05, 0) is 43.5 Å². The predicted octanol–water partition coefficient (Wildman–Crippen LogP) is 1.26. The van der Waals surface area contributed by atoms with Crippen molar-refractivity contribution >= 4 is 11.8 Å². The SMILES string of the molecule is CC(NCC(=O)c1ccc2c(c1)CCCO2)C(=O)O. The summed E-state index contributed by atoms with van der Waals surface area (Å²) < 4.78 is 5.48. The van der Waals surface area contributed by atoms with Crippen molar-refractivity contribution in [1.82, 2.24) is 5.32 Å². The van der Waals surface area contributed by atoms with Crippen molar-refractivity contribution in [2.45, 2.75) is 25.8 Å². The first kappa shape index (κ1) is 13.5. The Kier molecular flexibility index (Phi) is 4.16. The second kappa shape index (κ2) is 5.84. The molecule has 0 radical (unpaired) electrons. The van der Waals surface area contributed by atoms with Gasteiger partial charge in [0.05, 0.1) is 13.2 Å². The Labute approximate surface area is 111 Å². The Balaban J connectivity index is 2.01. The molecule has 5 nitrogen and oxygen atoms in total. The Morgan fingerprint density at radius 2 is 2.26 bits per heavy atom. The van der Waals surface area contributed by atoms with Crippen molar-refractivity contribution in [1.29, 1.82) is 0 Å². The van der Waals surface area contributed by atoms with Gasteiger partial charge >= 0.3 is 5.97 Å². The molecule has 0 spiro atoms. The molecule has 0 aromatic heterocycles. The van der Waals surface area contributed by atoms with E-state index in [0.717, 1.165) is 30.8 Å². The molecule has 1 aromatic carbocycles. The number of carbonyl (C=O) groups is 2. The summed E-state index contributed by atoms with van der Waals surface area (Å²) in [5.74, 6) is -0.234. The van der Waals surface area contributed by atoms with E-state index in [1.54, 1.807) is 6.07 Å². The normalized spacial score (nSPS) is 15.2. The summed E-state index contributed by atoms with van der Waals surface area (Å²) in [6.07, 6.45) is 1.87. The van der Waals surface area contributed by atoms with Crippen LogP contribution < -0.4 is 10.1 Å². The van der Waals surface area contributed by atoms with Crippen molar-refractivity contribution in [2.24, 2.45) is 0 Å². The van der Waals surface area contributed by atoms with Gasteiger partial charge in [-0.3, -0.25) is 14.9 Å². The first-order valence-corrected chi connectivity index (χ1v) is 6.33. The molecule has 2 N–H and O–H groups in total. The zero-order chi connectivity index (χ0) is 13.8. The summed E-state index contributed by atoms with van der Waals surface area (Å²) in [5.41, 5.74) is 1.64.